The summed E-state index contributed by atoms with van der Waals surface area (Å²) in [5, 5.41) is 15.6. The van der Waals surface area contributed by atoms with E-state index in [0.717, 1.165) is 16.6 Å². The van der Waals surface area contributed by atoms with Gasteiger partial charge in [0.15, 0.2) is 0 Å². The first-order valence-corrected chi connectivity index (χ1v) is 8.59. The number of phenolic OH excluding ortho intramolecular Hbond substituents is 1. The molecule has 0 saturated heterocycles. The summed E-state index contributed by atoms with van der Waals surface area (Å²) in [4.78, 5) is 8.52. The number of phenols is 1. The molecule has 2 N–H and O–H groups in total. The van der Waals surface area contributed by atoms with Crippen molar-refractivity contribution in [2.24, 2.45) is 0 Å². The molecule has 0 amide bonds. The topological polar surface area (TPSA) is 58.0 Å². The van der Waals surface area contributed by atoms with Gasteiger partial charge < -0.3 is 10.4 Å². The van der Waals surface area contributed by atoms with Crippen LogP contribution in [0, 0.1) is 0 Å². The first kappa shape index (κ1) is 16.4. The van der Waals surface area contributed by atoms with E-state index < -0.39 is 0 Å². The normalized spacial score (nSPS) is 12.0. The number of para-hydroxylation sites is 1. The van der Waals surface area contributed by atoms with Crippen molar-refractivity contribution in [1.82, 2.24) is 9.97 Å². The molecule has 4 nitrogen and oxygen atoms in total. The molecule has 4 rings (SSSR count). The maximum absolute atomic E-state index is 10.9. The van der Waals surface area contributed by atoms with Gasteiger partial charge in [-0.2, -0.15) is 0 Å². The number of aromatic hydroxyl groups is 1. The second kappa shape index (κ2) is 7.02. The number of pyridine rings is 2. The standard InChI is InChI=1S/C21H16ClN3O/c22-18-12-17(21(26)20-16(18)9-5-11-24-20)19(14-6-4-10-23-13-14)25-15-7-2-1-3-8-15/h1-13,19,25-26H. The molecule has 1 unspecified atom stereocenters. The number of benzene rings is 2. The van der Waals surface area contributed by atoms with E-state index in [2.05, 4.69) is 15.3 Å². The molecule has 0 spiro atoms. The Morgan fingerprint density at radius 1 is 0.962 bits per heavy atom. The Morgan fingerprint density at radius 3 is 2.54 bits per heavy atom. The average molecular weight is 362 g/mol. The van der Waals surface area contributed by atoms with Gasteiger partial charge in [-0.15, -0.1) is 0 Å². The van der Waals surface area contributed by atoms with Gasteiger partial charge in [-0.25, -0.2) is 0 Å². The lowest BCUT2D eigenvalue weighted by atomic mass is 9.97. The maximum Gasteiger partial charge on any atom is 0.147 e. The molecule has 4 aromatic rings. The quantitative estimate of drug-likeness (QED) is 0.525. The van der Waals surface area contributed by atoms with E-state index in [-0.39, 0.29) is 11.8 Å². The SMILES string of the molecule is Oc1c(C(Nc2ccccc2)c2cccnc2)cc(Cl)c2cccnc12. The van der Waals surface area contributed by atoms with Crippen molar-refractivity contribution in [2.45, 2.75) is 6.04 Å². The number of fused-ring (bicyclic) bond motifs is 1. The van der Waals surface area contributed by atoms with E-state index in [1.54, 1.807) is 30.7 Å². The summed E-state index contributed by atoms with van der Waals surface area (Å²) >= 11 is 6.47. The van der Waals surface area contributed by atoms with Crippen molar-refractivity contribution >= 4 is 28.2 Å². The Bertz CT molecular complexity index is 1040. The molecule has 2 heterocycles. The third kappa shape index (κ3) is 3.07. The van der Waals surface area contributed by atoms with Crippen LogP contribution in [0.25, 0.3) is 10.9 Å². The largest absolute Gasteiger partial charge is 0.505 e. The zero-order chi connectivity index (χ0) is 17.9. The lowest BCUT2D eigenvalue weighted by molar-refractivity contribution is 0.471. The molecule has 0 aliphatic carbocycles. The van der Waals surface area contributed by atoms with Crippen molar-refractivity contribution in [3.8, 4) is 5.75 Å². The fraction of sp³-hybridized carbons (Fsp3) is 0.0476. The van der Waals surface area contributed by atoms with E-state index in [1.807, 2.05) is 48.5 Å². The second-order valence-electron chi connectivity index (χ2n) is 5.93. The summed E-state index contributed by atoms with van der Waals surface area (Å²) in [6.07, 6.45) is 5.14. The highest BCUT2D eigenvalue weighted by atomic mass is 35.5. The minimum Gasteiger partial charge on any atom is -0.505 e. The lowest BCUT2D eigenvalue weighted by Crippen LogP contribution is -2.13. The highest BCUT2D eigenvalue weighted by Crippen LogP contribution is 2.39. The van der Waals surface area contributed by atoms with Crippen molar-refractivity contribution in [3.05, 3.63) is 95.4 Å². The van der Waals surface area contributed by atoms with Crippen LogP contribution >= 0.6 is 11.6 Å². The number of nitrogens with one attached hydrogen (secondary N) is 1. The predicted octanol–water partition coefficient (Wildman–Crippen LogP) is 5.19. The number of hydrogen-bond donors (Lipinski definition) is 2. The Balaban J connectivity index is 1.89. The third-order valence-electron chi connectivity index (χ3n) is 4.26. The molecule has 2 aromatic carbocycles. The van der Waals surface area contributed by atoms with Crippen LogP contribution in [0.15, 0.2) is 79.3 Å². The molecular weight excluding hydrogens is 346 g/mol. The lowest BCUT2D eigenvalue weighted by Gasteiger charge is -2.22. The zero-order valence-corrected chi connectivity index (χ0v) is 14.6. The van der Waals surface area contributed by atoms with Gasteiger partial charge in [-0.05, 0) is 42.0 Å². The van der Waals surface area contributed by atoms with E-state index >= 15 is 0 Å². The maximum atomic E-state index is 10.9. The monoisotopic (exact) mass is 361 g/mol. The molecule has 0 bridgehead atoms. The van der Waals surface area contributed by atoms with Gasteiger partial charge in [-0.3, -0.25) is 9.97 Å². The number of halogens is 1. The van der Waals surface area contributed by atoms with Crippen LogP contribution in [0.3, 0.4) is 0 Å². The van der Waals surface area contributed by atoms with Gasteiger partial charge >= 0.3 is 0 Å². The van der Waals surface area contributed by atoms with Gasteiger partial charge in [0.1, 0.15) is 11.3 Å². The molecule has 0 saturated carbocycles. The van der Waals surface area contributed by atoms with Crippen LogP contribution < -0.4 is 5.32 Å². The van der Waals surface area contributed by atoms with Gasteiger partial charge in [0.05, 0.1) is 11.1 Å². The van der Waals surface area contributed by atoms with Crippen LogP contribution in [0.1, 0.15) is 17.2 Å². The summed E-state index contributed by atoms with van der Waals surface area (Å²) in [7, 11) is 0. The molecule has 0 fully saturated rings. The van der Waals surface area contributed by atoms with Crippen LogP contribution in [0.2, 0.25) is 5.02 Å². The summed E-state index contributed by atoms with van der Waals surface area (Å²) in [5.41, 5.74) is 2.98. The number of nitrogens with zero attached hydrogens (tertiary/aromatic N) is 2. The predicted molar refractivity (Wildman–Crippen MR) is 105 cm³/mol. The molecular formula is C21H16ClN3O. The Morgan fingerprint density at radius 2 is 1.77 bits per heavy atom. The number of rotatable bonds is 4. The molecule has 5 heteroatoms. The van der Waals surface area contributed by atoms with E-state index in [4.69, 9.17) is 11.6 Å². The van der Waals surface area contributed by atoms with Gasteiger partial charge in [0.25, 0.3) is 0 Å². The van der Waals surface area contributed by atoms with Crippen molar-refractivity contribution < 1.29 is 5.11 Å². The minimum atomic E-state index is -0.324. The smallest absolute Gasteiger partial charge is 0.147 e. The fourth-order valence-electron chi connectivity index (χ4n) is 3.01. The Kier molecular flexibility index (Phi) is 4.42. The van der Waals surface area contributed by atoms with E-state index in [1.165, 1.54) is 0 Å². The average Bonchev–Trinajstić information content (AvgIpc) is 2.71. The van der Waals surface area contributed by atoms with Crippen LogP contribution in [-0.4, -0.2) is 15.1 Å². The van der Waals surface area contributed by atoms with Crippen molar-refractivity contribution in [2.75, 3.05) is 5.32 Å². The highest BCUT2D eigenvalue weighted by molar-refractivity contribution is 6.35. The Hall–Kier alpha value is -3.11. The van der Waals surface area contributed by atoms with Crippen LogP contribution in [0.5, 0.6) is 5.75 Å². The summed E-state index contributed by atoms with van der Waals surface area (Å²) < 4.78 is 0. The molecule has 1 atom stereocenters. The summed E-state index contributed by atoms with van der Waals surface area (Å²) in [5.74, 6) is 0.113. The van der Waals surface area contributed by atoms with E-state index in [0.29, 0.717) is 16.1 Å². The number of anilines is 1. The first-order valence-electron chi connectivity index (χ1n) is 8.21. The van der Waals surface area contributed by atoms with Crippen LogP contribution in [-0.2, 0) is 0 Å². The van der Waals surface area contributed by atoms with Gasteiger partial charge in [0.2, 0.25) is 0 Å². The summed E-state index contributed by atoms with van der Waals surface area (Å²) in [6, 6.07) is 18.8. The van der Waals surface area contributed by atoms with Crippen molar-refractivity contribution in [3.63, 3.8) is 0 Å². The molecule has 0 radical (unpaired) electrons. The zero-order valence-electron chi connectivity index (χ0n) is 13.8. The van der Waals surface area contributed by atoms with Crippen molar-refractivity contribution in [1.29, 1.82) is 0 Å². The van der Waals surface area contributed by atoms with Crippen LogP contribution in [0.4, 0.5) is 5.69 Å². The fourth-order valence-corrected chi connectivity index (χ4v) is 3.28. The minimum absolute atomic E-state index is 0.113. The van der Waals surface area contributed by atoms with E-state index in [9.17, 15) is 5.11 Å². The molecule has 128 valence electrons. The first-order chi connectivity index (χ1) is 12.7. The number of aromatic nitrogens is 2. The second-order valence-corrected chi connectivity index (χ2v) is 6.33. The summed E-state index contributed by atoms with van der Waals surface area (Å²) in [6.45, 7) is 0. The van der Waals surface area contributed by atoms with Gasteiger partial charge in [-0.1, -0.05) is 35.9 Å². The number of hydrogen-bond acceptors (Lipinski definition) is 4. The Labute approximate surface area is 156 Å². The molecule has 0 aliphatic heterocycles. The third-order valence-corrected chi connectivity index (χ3v) is 4.57. The molecule has 2 aromatic heterocycles. The molecule has 26 heavy (non-hydrogen) atoms. The van der Waals surface area contributed by atoms with Gasteiger partial charge in [0, 0.05) is 35.2 Å². The molecule has 0 aliphatic rings. The highest BCUT2D eigenvalue weighted by Gasteiger charge is 2.21.